The standard InChI is InChI=1S/C20H29N6O12P3/c21-6-2-1-5-13(22)20(28)35-7-3-4-12-9-26(19-17(12)18(23)24-11-25-19)16-8-14(27)15(37-16)10-36-41(34,38-29,39(30)31)40(32)33/h9,11,13-16,27,29,34H,1-2,5-8,10,21-22H2,(H2,23,24,25)/t13?,14-,15+,16+/m0/s1. The van der Waals surface area contributed by atoms with Crippen LogP contribution in [0.25, 0.3) is 11.0 Å². The van der Waals surface area contributed by atoms with Crippen LogP contribution in [0.4, 0.5) is 5.82 Å². The summed E-state index contributed by atoms with van der Waals surface area (Å²) >= 11 is 0. The van der Waals surface area contributed by atoms with Crippen molar-refractivity contribution in [3.63, 3.8) is 0 Å². The van der Waals surface area contributed by atoms with Gasteiger partial charge in [-0.05, 0) is 19.4 Å². The van der Waals surface area contributed by atoms with Crippen LogP contribution in [0.15, 0.2) is 12.5 Å². The molecule has 0 saturated carbocycles. The van der Waals surface area contributed by atoms with Crippen LogP contribution < -0.4 is 17.2 Å². The van der Waals surface area contributed by atoms with Gasteiger partial charge >= 0.3 is 185 Å². The molecule has 18 nitrogen and oxygen atoms in total. The summed E-state index contributed by atoms with van der Waals surface area (Å²) in [4.78, 5) is 30.3. The molecule has 0 radical (unpaired) electrons. The molecule has 0 amide bonds. The summed E-state index contributed by atoms with van der Waals surface area (Å²) in [6.45, 7) is -7.31. The molecule has 1 unspecified atom stereocenters. The number of nitrogen functional groups attached to an aromatic ring is 1. The number of aromatic nitrogens is 3. The number of unbranched alkanes of at least 4 members (excludes halogenated alkanes) is 1. The predicted octanol–water partition coefficient (Wildman–Crippen LogP) is 0.986. The van der Waals surface area contributed by atoms with Gasteiger partial charge in [0.1, 0.15) is 6.04 Å². The van der Waals surface area contributed by atoms with Gasteiger partial charge in [-0.25, -0.2) is 0 Å². The number of carbonyl (C=O) groups is 1. The van der Waals surface area contributed by atoms with Gasteiger partial charge in [0.2, 0.25) is 0 Å². The predicted molar refractivity (Wildman–Crippen MR) is 141 cm³/mol. The molecule has 0 aromatic carbocycles. The number of fused-ring (bicyclic) bond motifs is 1. The minimum atomic E-state index is -6.54. The molecule has 1 saturated heterocycles. The van der Waals surface area contributed by atoms with E-state index in [0.29, 0.717) is 30.3 Å². The fraction of sp³-hybridized carbons (Fsp3) is 0.550. The first kappa shape index (κ1) is 32.9. The molecule has 4 atom stereocenters. The van der Waals surface area contributed by atoms with E-state index in [1.54, 1.807) is 0 Å². The molecule has 0 aliphatic carbocycles. The summed E-state index contributed by atoms with van der Waals surface area (Å²) in [6.07, 6.45) is 0.674. The molecule has 1 aliphatic rings. The normalized spacial score (nSPS) is 20.5. The van der Waals surface area contributed by atoms with E-state index in [4.69, 9.17) is 31.9 Å². The van der Waals surface area contributed by atoms with Crippen molar-refractivity contribution >= 4 is 44.2 Å². The van der Waals surface area contributed by atoms with Crippen molar-refractivity contribution in [2.75, 3.05) is 25.5 Å². The van der Waals surface area contributed by atoms with Crippen molar-refractivity contribution in [1.82, 2.24) is 14.5 Å². The molecule has 226 valence electrons. The summed E-state index contributed by atoms with van der Waals surface area (Å²) in [5.74, 6) is 4.94. The van der Waals surface area contributed by atoms with Crippen LogP contribution in [0.1, 0.15) is 37.5 Å². The second kappa shape index (κ2) is 13.6. The Morgan fingerprint density at radius 1 is 1.27 bits per heavy atom. The first-order valence-electron chi connectivity index (χ1n) is 12.0. The molecule has 9 N–H and O–H groups in total. The number of aliphatic hydroxyl groups is 1. The Bertz CT molecular complexity index is 1450. The van der Waals surface area contributed by atoms with E-state index >= 15 is 0 Å². The number of nitrogens with two attached hydrogens (primary N) is 3. The molecule has 2 aromatic heterocycles. The van der Waals surface area contributed by atoms with E-state index in [-0.39, 0.29) is 24.5 Å². The van der Waals surface area contributed by atoms with Crippen LogP contribution in [0.3, 0.4) is 0 Å². The van der Waals surface area contributed by atoms with Gasteiger partial charge in [-0.1, -0.05) is 6.42 Å². The van der Waals surface area contributed by atoms with Crippen LogP contribution in [-0.2, 0) is 41.7 Å². The van der Waals surface area contributed by atoms with Crippen LogP contribution >= 0.6 is 21.4 Å². The molecule has 3 heterocycles. The second-order valence-electron chi connectivity index (χ2n) is 8.83. The summed E-state index contributed by atoms with van der Waals surface area (Å²) in [7, 11) is -8.68. The summed E-state index contributed by atoms with van der Waals surface area (Å²) < 4.78 is 66.3. The molecule has 41 heavy (non-hydrogen) atoms. The van der Waals surface area contributed by atoms with Gasteiger partial charge in [-0.2, -0.15) is 0 Å². The molecular weight excluding hydrogens is 609 g/mol. The van der Waals surface area contributed by atoms with Gasteiger partial charge in [0, 0.05) is 0 Å². The monoisotopic (exact) mass is 638 g/mol. The number of rotatable bonds is 13. The number of hydrogen-bond acceptors (Lipinski definition) is 17. The van der Waals surface area contributed by atoms with E-state index in [9.17, 15) is 33.1 Å². The Hall–Kier alpha value is -2.64. The molecule has 2 aromatic rings. The molecule has 1 aliphatic heterocycles. The average Bonchev–Trinajstić information content (AvgIpc) is 3.50. The molecule has 0 spiro atoms. The number of anilines is 1. The Morgan fingerprint density at radius 2 is 1.98 bits per heavy atom. The topological polar surface area (TPSA) is 292 Å². The SMILES string of the molecule is NCCCCC(N)C(=O)OCC#Cc1cn([C@H]2C[C@H](O)[C@@H](COP(O)(OO)(P(=O)=O)P(=O)=O)O2)c2ncnc(N)c12. The van der Waals surface area contributed by atoms with Crippen LogP contribution in [0, 0.1) is 11.8 Å². The van der Waals surface area contributed by atoms with Crippen molar-refractivity contribution in [1.29, 1.82) is 0 Å². The first-order chi connectivity index (χ1) is 19.4. The Labute approximate surface area is 233 Å². The molecule has 1 fully saturated rings. The van der Waals surface area contributed by atoms with Gasteiger partial charge in [-0.3, -0.25) is 4.79 Å². The van der Waals surface area contributed by atoms with E-state index < -0.39 is 58.5 Å². The summed E-state index contributed by atoms with van der Waals surface area (Å²) in [5, 5.41) is 19.7. The van der Waals surface area contributed by atoms with Crippen molar-refractivity contribution in [3.8, 4) is 11.8 Å². The van der Waals surface area contributed by atoms with E-state index in [1.807, 2.05) is 0 Å². The molecule has 3 rings (SSSR count). The van der Waals surface area contributed by atoms with Crippen molar-refractivity contribution in [3.05, 3.63) is 18.1 Å². The number of ether oxygens (including phenoxy) is 2. The van der Waals surface area contributed by atoms with Gasteiger partial charge < -0.3 is 11.5 Å². The zero-order valence-corrected chi connectivity index (χ0v) is 24.0. The Kier molecular flexibility index (Phi) is 10.9. The average molecular weight is 638 g/mol. The third-order valence-corrected chi connectivity index (χ3v) is 15.2. The van der Waals surface area contributed by atoms with Crippen molar-refractivity contribution in [2.45, 2.75) is 50.2 Å². The number of nitrogens with zero attached hydrogens (tertiary/aromatic N) is 3. The van der Waals surface area contributed by atoms with Gasteiger partial charge in [0.05, 0.1) is 0 Å². The molecule has 21 heteroatoms. The summed E-state index contributed by atoms with van der Waals surface area (Å²) in [5.41, 5.74) is 17.8. The van der Waals surface area contributed by atoms with Crippen LogP contribution in [0.5, 0.6) is 0 Å². The van der Waals surface area contributed by atoms with E-state index in [1.165, 1.54) is 17.1 Å². The fourth-order valence-corrected chi connectivity index (χ4v) is 7.51. The number of aliphatic hydroxyl groups excluding tert-OH is 1. The molecular formula is C20H29N6O12P3. The van der Waals surface area contributed by atoms with Gasteiger partial charge in [-0.15, -0.1) is 0 Å². The first-order valence-corrected chi connectivity index (χ1v) is 17.8. The zero-order valence-electron chi connectivity index (χ0n) is 21.3. The maximum absolute atomic E-state index is 12.0. The van der Waals surface area contributed by atoms with Crippen LogP contribution in [-0.4, -0.2) is 73.8 Å². The second-order valence-corrected chi connectivity index (χ2v) is 19.0. The van der Waals surface area contributed by atoms with Crippen molar-refractivity contribution in [2.24, 2.45) is 11.5 Å². The van der Waals surface area contributed by atoms with Crippen molar-refractivity contribution < 1.29 is 57.0 Å². The quantitative estimate of drug-likeness (QED) is 0.0445. The third kappa shape index (κ3) is 6.89. The van der Waals surface area contributed by atoms with E-state index in [0.717, 1.165) is 6.42 Å². The number of carbonyl (C=O) groups excluding carboxylic acids is 1. The fourth-order valence-electron chi connectivity index (χ4n) is 3.87. The maximum atomic E-state index is 12.0. The number of esters is 1. The zero-order chi connectivity index (χ0) is 30.4. The summed E-state index contributed by atoms with van der Waals surface area (Å²) in [6, 6.07) is -0.807. The Morgan fingerprint density at radius 3 is 2.61 bits per heavy atom. The van der Waals surface area contributed by atoms with Gasteiger partial charge in [0.15, 0.2) is 0 Å². The van der Waals surface area contributed by atoms with Gasteiger partial charge in [0.25, 0.3) is 0 Å². The third-order valence-electron chi connectivity index (χ3n) is 6.10. The Balaban J connectivity index is 1.78. The van der Waals surface area contributed by atoms with Crippen LogP contribution in [0.2, 0.25) is 0 Å². The molecule has 0 bridgehead atoms. The van der Waals surface area contributed by atoms with E-state index in [2.05, 4.69) is 31.0 Å². The minimum absolute atomic E-state index is 0.0617. The number of hydrogen-bond donors (Lipinski definition) is 6.